The molecule has 0 spiro atoms. The van der Waals surface area contributed by atoms with Crippen molar-refractivity contribution in [3.63, 3.8) is 0 Å². The van der Waals surface area contributed by atoms with Crippen molar-refractivity contribution in [2.75, 3.05) is 6.61 Å². The van der Waals surface area contributed by atoms with Crippen molar-refractivity contribution in [1.82, 2.24) is 0 Å². The standard InChI is InChI=1S/C15H22N2O/c1-11-6-7-13(12(8-11)14(2,3)4)18-10-15(5,17)9-16/h6-8H,10,17H2,1-5H3. The lowest BCUT2D eigenvalue weighted by Gasteiger charge is -2.25. The molecule has 18 heavy (non-hydrogen) atoms. The molecule has 1 aromatic rings. The molecule has 0 aliphatic heterocycles. The number of nitriles is 1. The average Bonchev–Trinajstić information content (AvgIpc) is 2.26. The van der Waals surface area contributed by atoms with Gasteiger partial charge in [0.05, 0.1) is 6.07 Å². The van der Waals surface area contributed by atoms with E-state index in [9.17, 15) is 0 Å². The van der Waals surface area contributed by atoms with E-state index in [2.05, 4.69) is 33.8 Å². The van der Waals surface area contributed by atoms with Crippen LogP contribution in [0.1, 0.15) is 38.8 Å². The van der Waals surface area contributed by atoms with Crippen LogP contribution in [0.15, 0.2) is 18.2 Å². The Morgan fingerprint density at radius 3 is 2.39 bits per heavy atom. The van der Waals surface area contributed by atoms with Crippen LogP contribution in [-0.4, -0.2) is 12.1 Å². The van der Waals surface area contributed by atoms with Crippen LogP contribution in [0.5, 0.6) is 5.75 Å². The minimum atomic E-state index is -0.958. The number of rotatable bonds is 3. The second kappa shape index (κ2) is 4.99. The van der Waals surface area contributed by atoms with Gasteiger partial charge in [0.1, 0.15) is 17.9 Å². The fourth-order valence-electron chi connectivity index (χ4n) is 1.62. The summed E-state index contributed by atoms with van der Waals surface area (Å²) in [5, 5.41) is 8.89. The van der Waals surface area contributed by atoms with Crippen LogP contribution in [0.25, 0.3) is 0 Å². The number of benzene rings is 1. The lowest BCUT2D eigenvalue weighted by atomic mass is 9.85. The molecule has 1 rings (SSSR count). The molecule has 98 valence electrons. The van der Waals surface area contributed by atoms with Gasteiger partial charge in [-0.3, -0.25) is 0 Å². The van der Waals surface area contributed by atoms with Gasteiger partial charge in [-0.25, -0.2) is 0 Å². The summed E-state index contributed by atoms with van der Waals surface area (Å²) in [4.78, 5) is 0. The van der Waals surface area contributed by atoms with Crippen LogP contribution in [0.2, 0.25) is 0 Å². The van der Waals surface area contributed by atoms with Crippen LogP contribution >= 0.6 is 0 Å². The molecule has 0 heterocycles. The largest absolute Gasteiger partial charge is 0.490 e. The highest BCUT2D eigenvalue weighted by Crippen LogP contribution is 2.32. The van der Waals surface area contributed by atoms with E-state index in [1.807, 2.05) is 18.2 Å². The van der Waals surface area contributed by atoms with E-state index >= 15 is 0 Å². The summed E-state index contributed by atoms with van der Waals surface area (Å²) < 4.78 is 5.73. The highest BCUT2D eigenvalue weighted by Gasteiger charge is 2.22. The average molecular weight is 246 g/mol. The normalized spacial score (nSPS) is 14.7. The van der Waals surface area contributed by atoms with Crippen molar-refractivity contribution in [1.29, 1.82) is 5.26 Å². The molecule has 1 atom stereocenters. The quantitative estimate of drug-likeness (QED) is 0.892. The van der Waals surface area contributed by atoms with E-state index in [1.165, 1.54) is 5.56 Å². The van der Waals surface area contributed by atoms with Gasteiger partial charge in [0, 0.05) is 0 Å². The summed E-state index contributed by atoms with van der Waals surface area (Å²) in [7, 11) is 0. The third kappa shape index (κ3) is 3.75. The van der Waals surface area contributed by atoms with Gasteiger partial charge in [0.2, 0.25) is 0 Å². The molecule has 0 aliphatic carbocycles. The Labute approximate surface area is 110 Å². The summed E-state index contributed by atoms with van der Waals surface area (Å²) >= 11 is 0. The molecule has 0 amide bonds. The first kappa shape index (κ1) is 14.5. The van der Waals surface area contributed by atoms with Crippen LogP contribution in [-0.2, 0) is 5.41 Å². The Bertz CT molecular complexity index is 464. The van der Waals surface area contributed by atoms with Gasteiger partial charge in [-0.15, -0.1) is 0 Å². The molecule has 0 radical (unpaired) electrons. The molecule has 3 heteroatoms. The van der Waals surface area contributed by atoms with E-state index in [0.717, 1.165) is 11.3 Å². The van der Waals surface area contributed by atoms with Gasteiger partial charge < -0.3 is 10.5 Å². The number of hydrogen-bond acceptors (Lipinski definition) is 3. The highest BCUT2D eigenvalue weighted by molar-refractivity contribution is 5.41. The lowest BCUT2D eigenvalue weighted by Crippen LogP contribution is -2.40. The smallest absolute Gasteiger partial charge is 0.135 e. The maximum Gasteiger partial charge on any atom is 0.135 e. The number of hydrogen-bond donors (Lipinski definition) is 1. The SMILES string of the molecule is Cc1ccc(OCC(C)(N)C#N)c(C(C)(C)C)c1. The minimum absolute atomic E-state index is 0.000995. The van der Waals surface area contributed by atoms with E-state index < -0.39 is 5.54 Å². The van der Waals surface area contributed by atoms with Crippen molar-refractivity contribution in [3.8, 4) is 11.8 Å². The van der Waals surface area contributed by atoms with Gasteiger partial charge >= 0.3 is 0 Å². The van der Waals surface area contributed by atoms with E-state index in [-0.39, 0.29) is 12.0 Å². The minimum Gasteiger partial charge on any atom is -0.490 e. The number of nitrogens with zero attached hydrogens (tertiary/aromatic N) is 1. The topological polar surface area (TPSA) is 59.0 Å². The van der Waals surface area contributed by atoms with Crippen LogP contribution in [0.4, 0.5) is 0 Å². The molecule has 3 nitrogen and oxygen atoms in total. The molecule has 0 saturated heterocycles. The Balaban J connectivity index is 3.00. The third-order valence-electron chi connectivity index (χ3n) is 2.73. The number of nitrogens with two attached hydrogens (primary N) is 1. The van der Waals surface area contributed by atoms with E-state index in [0.29, 0.717) is 0 Å². The van der Waals surface area contributed by atoms with Crippen molar-refractivity contribution < 1.29 is 4.74 Å². The zero-order valence-electron chi connectivity index (χ0n) is 11.9. The predicted octanol–water partition coefficient (Wildman–Crippen LogP) is 2.91. The van der Waals surface area contributed by atoms with E-state index in [1.54, 1.807) is 6.92 Å². The second-order valence-corrected chi connectivity index (χ2v) is 6.07. The molecular formula is C15H22N2O. The molecular weight excluding hydrogens is 224 g/mol. The van der Waals surface area contributed by atoms with Crippen LogP contribution in [0.3, 0.4) is 0 Å². The van der Waals surface area contributed by atoms with Gasteiger partial charge in [-0.05, 0) is 30.9 Å². The first-order chi connectivity index (χ1) is 8.15. The van der Waals surface area contributed by atoms with Crippen molar-refractivity contribution in [2.45, 2.75) is 45.6 Å². The highest BCUT2D eigenvalue weighted by atomic mass is 16.5. The molecule has 1 aromatic carbocycles. The third-order valence-corrected chi connectivity index (χ3v) is 2.73. The Morgan fingerprint density at radius 1 is 1.28 bits per heavy atom. The maximum absolute atomic E-state index is 8.89. The second-order valence-electron chi connectivity index (χ2n) is 6.07. The van der Waals surface area contributed by atoms with Crippen LogP contribution < -0.4 is 10.5 Å². The van der Waals surface area contributed by atoms with Crippen molar-refractivity contribution in [2.24, 2.45) is 5.73 Å². The summed E-state index contributed by atoms with van der Waals surface area (Å²) in [6, 6.07) is 8.11. The number of ether oxygens (including phenoxy) is 1. The summed E-state index contributed by atoms with van der Waals surface area (Å²) in [5.74, 6) is 0.806. The Hall–Kier alpha value is -1.53. The van der Waals surface area contributed by atoms with Gasteiger partial charge in [-0.1, -0.05) is 38.5 Å². The maximum atomic E-state index is 8.89. The fourth-order valence-corrected chi connectivity index (χ4v) is 1.62. The van der Waals surface area contributed by atoms with Gasteiger partial charge in [0.25, 0.3) is 0 Å². The zero-order chi connectivity index (χ0) is 14.0. The molecule has 0 fully saturated rings. The molecule has 0 aliphatic rings. The van der Waals surface area contributed by atoms with E-state index in [4.69, 9.17) is 15.7 Å². The van der Waals surface area contributed by atoms with Crippen molar-refractivity contribution >= 4 is 0 Å². The van der Waals surface area contributed by atoms with Crippen LogP contribution in [0, 0.1) is 18.3 Å². The predicted molar refractivity (Wildman–Crippen MR) is 73.6 cm³/mol. The summed E-state index contributed by atoms with van der Waals surface area (Å²) in [5.41, 5.74) is 7.14. The summed E-state index contributed by atoms with van der Waals surface area (Å²) in [6.07, 6.45) is 0. The van der Waals surface area contributed by atoms with Gasteiger partial charge in [-0.2, -0.15) is 5.26 Å². The lowest BCUT2D eigenvalue weighted by molar-refractivity contribution is 0.259. The zero-order valence-corrected chi connectivity index (χ0v) is 11.9. The monoisotopic (exact) mass is 246 g/mol. The molecule has 0 bridgehead atoms. The Morgan fingerprint density at radius 2 is 1.89 bits per heavy atom. The van der Waals surface area contributed by atoms with Crippen molar-refractivity contribution in [3.05, 3.63) is 29.3 Å². The molecule has 1 unspecified atom stereocenters. The van der Waals surface area contributed by atoms with Gasteiger partial charge in [0.15, 0.2) is 0 Å². The molecule has 2 N–H and O–H groups in total. The number of aryl methyl sites for hydroxylation is 1. The fraction of sp³-hybridized carbons (Fsp3) is 0.533. The Kier molecular flexibility index (Phi) is 4.03. The first-order valence-electron chi connectivity index (χ1n) is 6.10. The molecule has 0 saturated carbocycles. The first-order valence-corrected chi connectivity index (χ1v) is 6.10. The molecule has 0 aromatic heterocycles. The summed E-state index contributed by atoms with van der Waals surface area (Å²) in [6.45, 7) is 10.3.